The summed E-state index contributed by atoms with van der Waals surface area (Å²) >= 11 is 0. The molecule has 0 aliphatic heterocycles. The molecule has 0 fully saturated rings. The zero-order valence-electron chi connectivity index (χ0n) is 7.91. The van der Waals surface area contributed by atoms with Gasteiger partial charge in [-0.25, -0.2) is 13.6 Å². The molecule has 0 bridgehead atoms. The number of carbonyl (C=O) groups is 1. The second-order valence-electron chi connectivity index (χ2n) is 2.99. The van der Waals surface area contributed by atoms with Crippen molar-refractivity contribution in [3.63, 3.8) is 0 Å². The Balaban J connectivity index is 2.54. The van der Waals surface area contributed by atoms with Crippen LogP contribution in [0, 0.1) is 0 Å². The van der Waals surface area contributed by atoms with Crippen LogP contribution >= 0.6 is 0 Å². The number of carboxylic acid groups (broad SMARTS) is 1. The Morgan fingerprint density at radius 3 is 2.80 bits per heavy atom. The lowest BCUT2D eigenvalue weighted by atomic mass is 10.2. The van der Waals surface area contributed by atoms with Gasteiger partial charge in [-0.2, -0.15) is 0 Å². The van der Waals surface area contributed by atoms with E-state index in [0.29, 0.717) is 5.69 Å². The van der Waals surface area contributed by atoms with E-state index in [-0.39, 0.29) is 18.5 Å². The lowest BCUT2D eigenvalue weighted by Gasteiger charge is -2.06. The average molecular weight is 215 g/mol. The van der Waals surface area contributed by atoms with Gasteiger partial charge in [0.2, 0.25) is 6.43 Å². The highest BCUT2D eigenvalue weighted by atomic mass is 19.3. The smallest absolute Gasteiger partial charge is 0.335 e. The van der Waals surface area contributed by atoms with Crippen LogP contribution in [0.5, 0.6) is 0 Å². The van der Waals surface area contributed by atoms with Crippen molar-refractivity contribution in [1.29, 1.82) is 0 Å². The fourth-order valence-electron chi connectivity index (χ4n) is 1.09. The molecule has 1 aromatic carbocycles. The van der Waals surface area contributed by atoms with Gasteiger partial charge in [-0.05, 0) is 18.2 Å². The van der Waals surface area contributed by atoms with Gasteiger partial charge in [0.25, 0.3) is 0 Å². The molecular formula is C10H11F2NO2. The highest BCUT2D eigenvalue weighted by molar-refractivity contribution is 5.88. The van der Waals surface area contributed by atoms with Crippen LogP contribution in [0.3, 0.4) is 0 Å². The van der Waals surface area contributed by atoms with Gasteiger partial charge in [0.05, 0.1) is 5.56 Å². The molecule has 3 nitrogen and oxygen atoms in total. The van der Waals surface area contributed by atoms with E-state index in [1.165, 1.54) is 12.1 Å². The number of nitrogens with one attached hydrogen (secondary N) is 1. The normalized spacial score (nSPS) is 10.3. The molecule has 0 unspecified atom stereocenters. The standard InChI is InChI=1S/C10H11F2NO2/c11-9(12)4-5-13-8-3-1-2-7(6-8)10(14)15/h1-3,6,9,13H,4-5H2,(H,14,15). The van der Waals surface area contributed by atoms with Crippen molar-refractivity contribution in [2.75, 3.05) is 11.9 Å². The maximum atomic E-state index is 11.8. The third-order valence-electron chi connectivity index (χ3n) is 1.80. The molecule has 82 valence electrons. The van der Waals surface area contributed by atoms with Gasteiger partial charge in [-0.15, -0.1) is 0 Å². The number of carboxylic acids is 1. The summed E-state index contributed by atoms with van der Waals surface area (Å²) in [5.41, 5.74) is 0.674. The molecule has 0 atom stereocenters. The summed E-state index contributed by atoms with van der Waals surface area (Å²) in [4.78, 5) is 10.6. The number of anilines is 1. The fourth-order valence-corrected chi connectivity index (χ4v) is 1.09. The molecule has 0 saturated heterocycles. The van der Waals surface area contributed by atoms with Gasteiger partial charge >= 0.3 is 5.97 Å². The van der Waals surface area contributed by atoms with Crippen molar-refractivity contribution in [1.82, 2.24) is 0 Å². The number of hydrogen-bond donors (Lipinski definition) is 2. The average Bonchev–Trinajstić information content (AvgIpc) is 2.17. The predicted molar refractivity (Wildman–Crippen MR) is 52.5 cm³/mol. The number of rotatable bonds is 5. The van der Waals surface area contributed by atoms with Crippen LogP contribution in [0.15, 0.2) is 24.3 Å². The molecule has 0 radical (unpaired) electrons. The van der Waals surface area contributed by atoms with Crippen LogP contribution in [0.4, 0.5) is 14.5 Å². The third kappa shape index (κ3) is 3.93. The summed E-state index contributed by atoms with van der Waals surface area (Å²) in [5.74, 6) is -1.03. The lowest BCUT2D eigenvalue weighted by molar-refractivity contribution is 0.0697. The molecule has 1 aromatic rings. The molecule has 0 amide bonds. The van der Waals surface area contributed by atoms with Crippen molar-refractivity contribution >= 4 is 11.7 Å². The van der Waals surface area contributed by atoms with E-state index in [1.54, 1.807) is 12.1 Å². The molecule has 0 saturated carbocycles. The molecule has 0 spiro atoms. The molecule has 2 N–H and O–H groups in total. The van der Waals surface area contributed by atoms with Crippen molar-refractivity contribution in [3.8, 4) is 0 Å². The molecule has 0 heterocycles. The predicted octanol–water partition coefficient (Wildman–Crippen LogP) is 2.45. The highest BCUT2D eigenvalue weighted by Gasteiger charge is 2.04. The largest absolute Gasteiger partial charge is 0.478 e. The Morgan fingerprint density at radius 2 is 2.20 bits per heavy atom. The van der Waals surface area contributed by atoms with Crippen LogP contribution in [0.1, 0.15) is 16.8 Å². The maximum absolute atomic E-state index is 11.8. The van der Waals surface area contributed by atoms with Crippen LogP contribution in [-0.4, -0.2) is 24.0 Å². The van der Waals surface area contributed by atoms with E-state index >= 15 is 0 Å². The number of benzene rings is 1. The molecular weight excluding hydrogens is 204 g/mol. The minimum Gasteiger partial charge on any atom is -0.478 e. The van der Waals surface area contributed by atoms with Crippen molar-refractivity contribution < 1.29 is 18.7 Å². The Labute approximate surface area is 85.7 Å². The Hall–Kier alpha value is -1.65. The van der Waals surface area contributed by atoms with Gasteiger partial charge in [0.15, 0.2) is 0 Å². The number of halogens is 2. The molecule has 15 heavy (non-hydrogen) atoms. The van der Waals surface area contributed by atoms with E-state index in [0.717, 1.165) is 0 Å². The minimum absolute atomic E-state index is 0.126. The zero-order chi connectivity index (χ0) is 11.3. The van der Waals surface area contributed by atoms with Crippen molar-refractivity contribution in [2.24, 2.45) is 0 Å². The Morgan fingerprint density at radius 1 is 1.47 bits per heavy atom. The van der Waals surface area contributed by atoms with Crippen LogP contribution < -0.4 is 5.32 Å². The quantitative estimate of drug-likeness (QED) is 0.793. The maximum Gasteiger partial charge on any atom is 0.335 e. The zero-order valence-corrected chi connectivity index (χ0v) is 7.91. The summed E-state index contributed by atoms with van der Waals surface area (Å²) in [6, 6.07) is 6.06. The van der Waals surface area contributed by atoms with Gasteiger partial charge in [-0.3, -0.25) is 0 Å². The minimum atomic E-state index is -2.35. The SMILES string of the molecule is O=C(O)c1cccc(NCCC(F)F)c1. The molecule has 0 aliphatic rings. The Kier molecular flexibility index (Phi) is 4.03. The molecule has 5 heteroatoms. The third-order valence-corrected chi connectivity index (χ3v) is 1.80. The first-order valence-corrected chi connectivity index (χ1v) is 4.45. The van der Waals surface area contributed by atoms with Crippen LogP contribution in [0.25, 0.3) is 0 Å². The summed E-state index contributed by atoms with van der Waals surface area (Å²) in [6.45, 7) is 0.126. The fraction of sp³-hybridized carbons (Fsp3) is 0.300. The summed E-state index contributed by atoms with van der Waals surface area (Å²) in [5, 5.41) is 11.4. The number of hydrogen-bond acceptors (Lipinski definition) is 2. The lowest BCUT2D eigenvalue weighted by Crippen LogP contribution is -2.06. The molecule has 0 aromatic heterocycles. The second-order valence-corrected chi connectivity index (χ2v) is 2.99. The molecule has 1 rings (SSSR count). The topological polar surface area (TPSA) is 49.3 Å². The number of aromatic carboxylic acids is 1. The van der Waals surface area contributed by atoms with Gasteiger partial charge in [-0.1, -0.05) is 6.07 Å². The summed E-state index contributed by atoms with van der Waals surface area (Å²) in [7, 11) is 0. The summed E-state index contributed by atoms with van der Waals surface area (Å²) in [6.07, 6.45) is -2.60. The van der Waals surface area contributed by atoms with Crippen molar-refractivity contribution in [2.45, 2.75) is 12.8 Å². The van der Waals surface area contributed by atoms with Gasteiger partial charge in [0.1, 0.15) is 0 Å². The van der Waals surface area contributed by atoms with E-state index in [1.807, 2.05) is 0 Å². The highest BCUT2D eigenvalue weighted by Crippen LogP contribution is 2.11. The second kappa shape index (κ2) is 5.29. The monoisotopic (exact) mass is 215 g/mol. The van der Waals surface area contributed by atoms with E-state index in [4.69, 9.17) is 5.11 Å². The Bertz CT molecular complexity index is 342. The van der Waals surface area contributed by atoms with E-state index in [9.17, 15) is 13.6 Å². The summed E-state index contributed by atoms with van der Waals surface area (Å²) < 4.78 is 23.6. The first-order chi connectivity index (χ1) is 7.09. The molecule has 0 aliphatic carbocycles. The van der Waals surface area contributed by atoms with Gasteiger partial charge in [0, 0.05) is 18.7 Å². The van der Waals surface area contributed by atoms with Gasteiger partial charge < -0.3 is 10.4 Å². The first kappa shape index (κ1) is 11.4. The van der Waals surface area contributed by atoms with E-state index < -0.39 is 12.4 Å². The van der Waals surface area contributed by atoms with Crippen LogP contribution in [-0.2, 0) is 0 Å². The number of alkyl halides is 2. The first-order valence-electron chi connectivity index (χ1n) is 4.45. The van der Waals surface area contributed by atoms with Crippen LogP contribution in [0.2, 0.25) is 0 Å². The van der Waals surface area contributed by atoms with Crippen molar-refractivity contribution in [3.05, 3.63) is 29.8 Å². The van der Waals surface area contributed by atoms with E-state index in [2.05, 4.69) is 5.32 Å².